The van der Waals surface area contributed by atoms with Gasteiger partial charge in [0.15, 0.2) is 5.17 Å². The molecular formula is C11H21N3S. The molecular weight excluding hydrogens is 206 g/mol. The SMILES string of the molecule is CCN1CCCC(NC2=NCCCS2)C1. The summed E-state index contributed by atoms with van der Waals surface area (Å²) in [6.45, 7) is 6.90. The molecule has 1 atom stereocenters. The molecule has 2 aliphatic heterocycles. The van der Waals surface area contributed by atoms with E-state index in [9.17, 15) is 0 Å². The molecule has 0 amide bonds. The van der Waals surface area contributed by atoms with Gasteiger partial charge in [0, 0.05) is 24.9 Å². The zero-order valence-corrected chi connectivity index (χ0v) is 10.4. The second-order valence-electron chi connectivity index (χ2n) is 4.27. The first kappa shape index (κ1) is 11.3. The number of nitrogens with one attached hydrogen (secondary N) is 1. The molecule has 0 aromatic carbocycles. The average molecular weight is 227 g/mol. The van der Waals surface area contributed by atoms with E-state index in [0.29, 0.717) is 6.04 Å². The highest BCUT2D eigenvalue weighted by Crippen LogP contribution is 2.14. The van der Waals surface area contributed by atoms with Crippen molar-refractivity contribution in [1.29, 1.82) is 0 Å². The van der Waals surface area contributed by atoms with Gasteiger partial charge in [-0.05, 0) is 32.4 Å². The Balaban J connectivity index is 1.80. The molecule has 0 aromatic heterocycles. The van der Waals surface area contributed by atoms with Crippen molar-refractivity contribution >= 4 is 16.9 Å². The van der Waals surface area contributed by atoms with Crippen LogP contribution in [0.1, 0.15) is 26.2 Å². The van der Waals surface area contributed by atoms with Crippen LogP contribution in [0.5, 0.6) is 0 Å². The number of rotatable bonds is 2. The van der Waals surface area contributed by atoms with E-state index in [0.717, 1.165) is 6.54 Å². The van der Waals surface area contributed by atoms with Crippen molar-refractivity contribution in [1.82, 2.24) is 10.2 Å². The van der Waals surface area contributed by atoms with Gasteiger partial charge in [0.1, 0.15) is 0 Å². The molecule has 1 N–H and O–H groups in total. The lowest BCUT2D eigenvalue weighted by molar-refractivity contribution is 0.210. The number of hydrogen-bond donors (Lipinski definition) is 1. The molecule has 15 heavy (non-hydrogen) atoms. The van der Waals surface area contributed by atoms with Gasteiger partial charge in [0.25, 0.3) is 0 Å². The molecule has 0 spiro atoms. The molecule has 3 nitrogen and oxygen atoms in total. The van der Waals surface area contributed by atoms with Crippen LogP contribution in [0, 0.1) is 0 Å². The first-order chi connectivity index (χ1) is 7.38. The van der Waals surface area contributed by atoms with Crippen molar-refractivity contribution in [2.75, 3.05) is 31.9 Å². The maximum absolute atomic E-state index is 4.52. The molecule has 2 heterocycles. The van der Waals surface area contributed by atoms with E-state index < -0.39 is 0 Å². The summed E-state index contributed by atoms with van der Waals surface area (Å²) in [6, 6.07) is 0.628. The summed E-state index contributed by atoms with van der Waals surface area (Å²) in [5.74, 6) is 1.23. The van der Waals surface area contributed by atoms with Crippen LogP contribution in [0.2, 0.25) is 0 Å². The fourth-order valence-corrected chi connectivity index (χ4v) is 3.08. The average Bonchev–Trinajstić information content (AvgIpc) is 2.31. The Labute approximate surface area is 96.7 Å². The van der Waals surface area contributed by atoms with Crippen LogP contribution in [0.25, 0.3) is 0 Å². The lowest BCUT2D eigenvalue weighted by atomic mass is 10.1. The second-order valence-corrected chi connectivity index (χ2v) is 5.35. The van der Waals surface area contributed by atoms with Gasteiger partial charge in [0.05, 0.1) is 0 Å². The van der Waals surface area contributed by atoms with Gasteiger partial charge in [-0.15, -0.1) is 0 Å². The largest absolute Gasteiger partial charge is 0.361 e. The Morgan fingerprint density at radius 1 is 1.53 bits per heavy atom. The smallest absolute Gasteiger partial charge is 0.156 e. The maximum Gasteiger partial charge on any atom is 0.156 e. The predicted molar refractivity (Wildman–Crippen MR) is 67.6 cm³/mol. The van der Waals surface area contributed by atoms with E-state index in [2.05, 4.69) is 22.1 Å². The second kappa shape index (κ2) is 5.75. The molecule has 2 rings (SSSR count). The summed E-state index contributed by atoms with van der Waals surface area (Å²) in [5.41, 5.74) is 0. The van der Waals surface area contributed by atoms with Crippen LogP contribution >= 0.6 is 11.8 Å². The fraction of sp³-hybridized carbons (Fsp3) is 0.909. The molecule has 0 bridgehead atoms. The molecule has 2 aliphatic rings. The highest BCUT2D eigenvalue weighted by atomic mass is 32.2. The molecule has 0 radical (unpaired) electrons. The molecule has 4 heteroatoms. The zero-order valence-electron chi connectivity index (χ0n) is 9.54. The van der Waals surface area contributed by atoms with Gasteiger partial charge in [-0.2, -0.15) is 0 Å². The van der Waals surface area contributed by atoms with Crippen molar-refractivity contribution in [3.05, 3.63) is 0 Å². The van der Waals surface area contributed by atoms with Crippen LogP contribution in [-0.2, 0) is 0 Å². The standard InChI is InChI=1S/C11H21N3S/c1-2-14-7-3-5-10(9-14)13-11-12-6-4-8-15-11/h10H,2-9H2,1H3,(H,12,13). The number of amidine groups is 1. The Morgan fingerprint density at radius 2 is 2.47 bits per heavy atom. The monoisotopic (exact) mass is 227 g/mol. The summed E-state index contributed by atoms with van der Waals surface area (Å²) < 4.78 is 0. The Kier molecular flexibility index (Phi) is 4.32. The Morgan fingerprint density at radius 3 is 3.20 bits per heavy atom. The molecule has 1 fully saturated rings. The number of likely N-dealkylation sites (tertiary alicyclic amines) is 1. The number of likely N-dealkylation sites (N-methyl/N-ethyl adjacent to an activating group) is 1. The number of hydrogen-bond acceptors (Lipinski definition) is 4. The summed E-state index contributed by atoms with van der Waals surface area (Å²) >= 11 is 1.89. The molecule has 86 valence electrons. The maximum atomic E-state index is 4.52. The molecule has 1 unspecified atom stereocenters. The van der Waals surface area contributed by atoms with Gasteiger partial charge < -0.3 is 10.2 Å². The van der Waals surface area contributed by atoms with E-state index in [1.165, 1.54) is 49.8 Å². The van der Waals surface area contributed by atoms with E-state index >= 15 is 0 Å². The van der Waals surface area contributed by atoms with Crippen LogP contribution in [0.15, 0.2) is 4.99 Å². The number of nitrogens with zero attached hydrogens (tertiary/aromatic N) is 2. The number of aliphatic imine (C=N–C) groups is 1. The number of piperidine rings is 1. The minimum absolute atomic E-state index is 0.628. The first-order valence-electron chi connectivity index (χ1n) is 6.04. The Bertz CT molecular complexity index is 230. The van der Waals surface area contributed by atoms with E-state index in [-0.39, 0.29) is 0 Å². The van der Waals surface area contributed by atoms with Crippen LogP contribution in [0.3, 0.4) is 0 Å². The van der Waals surface area contributed by atoms with Crippen LogP contribution in [0.4, 0.5) is 0 Å². The molecule has 0 aromatic rings. The lowest BCUT2D eigenvalue weighted by Gasteiger charge is -2.33. The van der Waals surface area contributed by atoms with Crippen LogP contribution in [-0.4, -0.2) is 48.0 Å². The minimum atomic E-state index is 0.628. The highest BCUT2D eigenvalue weighted by Gasteiger charge is 2.20. The summed E-state index contributed by atoms with van der Waals surface area (Å²) in [5, 5.41) is 4.78. The van der Waals surface area contributed by atoms with Crippen molar-refractivity contribution in [2.24, 2.45) is 4.99 Å². The number of thioether (sulfide) groups is 1. The fourth-order valence-electron chi connectivity index (χ4n) is 2.18. The molecule has 1 saturated heterocycles. The summed E-state index contributed by atoms with van der Waals surface area (Å²) in [4.78, 5) is 7.05. The Hall–Kier alpha value is -0.220. The summed E-state index contributed by atoms with van der Waals surface area (Å²) in [6.07, 6.45) is 3.86. The van der Waals surface area contributed by atoms with Crippen molar-refractivity contribution in [3.63, 3.8) is 0 Å². The third-order valence-corrected chi connectivity index (χ3v) is 4.09. The topological polar surface area (TPSA) is 27.6 Å². The van der Waals surface area contributed by atoms with Crippen LogP contribution < -0.4 is 5.32 Å². The van der Waals surface area contributed by atoms with Crippen molar-refractivity contribution in [2.45, 2.75) is 32.2 Å². The van der Waals surface area contributed by atoms with Gasteiger partial charge in [0.2, 0.25) is 0 Å². The normalized spacial score (nSPS) is 28.6. The molecule has 0 aliphatic carbocycles. The first-order valence-corrected chi connectivity index (χ1v) is 7.03. The van der Waals surface area contributed by atoms with Gasteiger partial charge >= 0.3 is 0 Å². The van der Waals surface area contributed by atoms with E-state index in [4.69, 9.17) is 0 Å². The molecule has 0 saturated carbocycles. The minimum Gasteiger partial charge on any atom is -0.361 e. The van der Waals surface area contributed by atoms with E-state index in [1.54, 1.807) is 0 Å². The summed E-state index contributed by atoms with van der Waals surface area (Å²) in [7, 11) is 0. The van der Waals surface area contributed by atoms with Gasteiger partial charge in [-0.25, -0.2) is 0 Å². The quantitative estimate of drug-likeness (QED) is 0.776. The third-order valence-electron chi connectivity index (χ3n) is 3.08. The van der Waals surface area contributed by atoms with Crippen molar-refractivity contribution in [3.8, 4) is 0 Å². The third kappa shape index (κ3) is 3.38. The predicted octanol–water partition coefficient (Wildman–Crippen LogP) is 1.55. The lowest BCUT2D eigenvalue weighted by Crippen LogP contribution is -2.47. The van der Waals surface area contributed by atoms with E-state index in [1.807, 2.05) is 11.8 Å². The van der Waals surface area contributed by atoms with Gasteiger partial charge in [-0.3, -0.25) is 4.99 Å². The van der Waals surface area contributed by atoms with Gasteiger partial charge in [-0.1, -0.05) is 18.7 Å². The van der Waals surface area contributed by atoms with Crippen molar-refractivity contribution < 1.29 is 0 Å². The highest BCUT2D eigenvalue weighted by molar-refractivity contribution is 8.13. The zero-order chi connectivity index (χ0) is 10.5.